The van der Waals surface area contributed by atoms with E-state index in [1.54, 1.807) is 39.8 Å². The molecule has 25 atom stereocenters. The Morgan fingerprint density at radius 3 is 1.73 bits per heavy atom. The van der Waals surface area contributed by atoms with Crippen molar-refractivity contribution in [2.75, 3.05) is 19.8 Å². The first kappa shape index (κ1) is 62.0. The fraction of sp³-hybridized carbons (Fsp3) is 0.842. The fourth-order valence-electron chi connectivity index (χ4n) is 16.2. The number of esters is 2. The molecule has 3 aliphatic heterocycles. The molecule has 0 aromatic heterocycles. The highest BCUT2D eigenvalue weighted by Gasteiger charge is 2.74. The van der Waals surface area contributed by atoms with Gasteiger partial charge in [-0.1, -0.05) is 72.3 Å². The Bertz CT molecular complexity index is 2350. The molecule has 0 bridgehead atoms. The van der Waals surface area contributed by atoms with Crippen LogP contribution in [0.15, 0.2) is 34.9 Å². The summed E-state index contributed by atoms with van der Waals surface area (Å²) in [6, 6.07) is 0. The molecule has 7 fully saturated rings. The van der Waals surface area contributed by atoms with Crippen LogP contribution in [0.1, 0.15) is 121 Å². The lowest BCUT2D eigenvalue weighted by Gasteiger charge is -2.72. The molecule has 448 valence electrons. The van der Waals surface area contributed by atoms with E-state index in [4.69, 9.17) is 37.9 Å². The summed E-state index contributed by atoms with van der Waals surface area (Å²) in [5.74, 6) is -3.40. The molecular weight excluding hydrogens is 1040 g/mol. The van der Waals surface area contributed by atoms with E-state index in [2.05, 4.69) is 40.7 Å². The number of aliphatic carboxylic acids is 1. The van der Waals surface area contributed by atoms with Crippen molar-refractivity contribution in [1.29, 1.82) is 0 Å². The maximum Gasteiger partial charge on any atom is 0.335 e. The smallest absolute Gasteiger partial charge is 0.335 e. The largest absolute Gasteiger partial charge is 0.479 e. The van der Waals surface area contributed by atoms with Gasteiger partial charge in [-0.3, -0.25) is 0 Å². The molecule has 22 heteroatoms. The number of fused-ring (bicyclic) bond motifs is 7. The molecule has 11 N–H and O–H groups in total. The first-order valence-corrected chi connectivity index (χ1v) is 28.0. The van der Waals surface area contributed by atoms with Crippen LogP contribution in [-0.4, -0.2) is 204 Å². The van der Waals surface area contributed by atoms with Crippen molar-refractivity contribution in [1.82, 2.24) is 0 Å². The molecule has 3 heterocycles. The maximum atomic E-state index is 13.8. The molecule has 0 amide bonds. The van der Waals surface area contributed by atoms with Crippen LogP contribution >= 0.6 is 0 Å². The molecule has 9 unspecified atom stereocenters. The van der Waals surface area contributed by atoms with Crippen LogP contribution in [0.2, 0.25) is 0 Å². The monoisotopic (exact) mass is 1120 g/mol. The topological polar surface area (TPSA) is 348 Å². The second kappa shape index (κ2) is 22.5. The van der Waals surface area contributed by atoms with Crippen LogP contribution in [-0.2, 0) is 52.3 Å². The van der Waals surface area contributed by atoms with Crippen molar-refractivity contribution >= 4 is 17.9 Å². The molecule has 8 aliphatic rings. The average molecular weight is 1130 g/mol. The van der Waals surface area contributed by atoms with E-state index in [0.717, 1.165) is 5.57 Å². The first-order chi connectivity index (χ1) is 36.9. The molecule has 79 heavy (non-hydrogen) atoms. The Balaban J connectivity index is 1.12. The number of aliphatic hydroxyl groups is 10. The molecule has 0 radical (unpaired) electrons. The number of carboxylic acid groups (broad SMARTS) is 1. The van der Waals surface area contributed by atoms with E-state index >= 15 is 0 Å². The highest BCUT2D eigenvalue weighted by atomic mass is 16.8. The van der Waals surface area contributed by atoms with Crippen LogP contribution in [0.4, 0.5) is 0 Å². The highest BCUT2D eigenvalue weighted by Crippen LogP contribution is 2.76. The van der Waals surface area contributed by atoms with Gasteiger partial charge in [0.1, 0.15) is 67.1 Å². The van der Waals surface area contributed by atoms with Crippen LogP contribution < -0.4 is 0 Å². The van der Waals surface area contributed by atoms with Crippen molar-refractivity contribution in [3.63, 3.8) is 0 Å². The third kappa shape index (κ3) is 9.99. The number of hydrogen-bond acceptors (Lipinski definition) is 21. The van der Waals surface area contributed by atoms with E-state index in [0.29, 0.717) is 49.7 Å². The third-order valence-corrected chi connectivity index (χ3v) is 21.3. The Hall–Kier alpha value is -3.01. The van der Waals surface area contributed by atoms with Crippen LogP contribution in [0.3, 0.4) is 0 Å². The normalized spacial score (nSPS) is 48.6. The van der Waals surface area contributed by atoms with Gasteiger partial charge >= 0.3 is 17.9 Å². The minimum atomic E-state index is -2.10. The molecule has 5 aliphatic carbocycles. The summed E-state index contributed by atoms with van der Waals surface area (Å²) in [7, 11) is 0. The molecule has 8 rings (SSSR count). The van der Waals surface area contributed by atoms with E-state index in [1.807, 2.05) is 13.8 Å². The van der Waals surface area contributed by atoms with Gasteiger partial charge in [0.25, 0.3) is 0 Å². The number of carbonyl (C=O) groups excluding carboxylic acids is 2. The van der Waals surface area contributed by atoms with Gasteiger partial charge < -0.3 is 94.1 Å². The van der Waals surface area contributed by atoms with E-state index < -0.39 is 181 Å². The van der Waals surface area contributed by atoms with Gasteiger partial charge in [-0.15, -0.1) is 0 Å². The maximum absolute atomic E-state index is 13.8. The number of allylic oxidation sites excluding steroid dienone is 4. The molecule has 0 spiro atoms. The lowest BCUT2D eigenvalue weighted by Crippen LogP contribution is -2.72. The Kier molecular flexibility index (Phi) is 17.7. The SMILES string of the molecule is C/C=C(/C)C(=O)O[C@H]1[C@H](OC(=O)/C(C)=C\C)[C@@]2(CO)C(CC1(C)C)C1=CCC3[C@@]4(C)CC[C@H](O[C@@H]5OC(C(=O)O)[C@@H](O)C(OC6O[C@@H](CO)[C@@H](O)C6O)[C@@H]5O[C@@H]5OC(CO)[C@H](O)C(O)[C@@H]5O)C(C)(C)C4CC[C@@]3(C)[C@]1(C)C[C@H]2O. The van der Waals surface area contributed by atoms with E-state index in [9.17, 15) is 70.6 Å². The quantitative estimate of drug-likeness (QED) is 0.0505. The van der Waals surface area contributed by atoms with Gasteiger partial charge in [0, 0.05) is 16.6 Å². The van der Waals surface area contributed by atoms with E-state index in [-0.39, 0.29) is 23.7 Å². The standard InChI is InChI=1S/C57H88O22/c1-12-25(3)47(70)78-44-45(79-48(71)26(4)13-2)57(24-60)28(20-52(44,5)6)27-14-15-32-54(9)18-17-34(53(7,8)31(54)16-19-55(32,10)56(27,11)21-33(57)61)74-51-43(77-50-39(66)37(64)35(62)29(22-58)72-50)41(40(67)42(76-51)46(68)69)75-49-38(65)36(63)30(23-59)73-49/h12-14,28-45,49-51,58-67H,15-24H2,1-11H3,(H,68,69)/b25-12-,26-13-/t28?,29?,30-,31?,32?,33+,34-,35-,36+,37?,38?,39-,40-,41?,42?,43-,44-,45-,49?,50-,51+,54-,55+,56+,57-/m0/s1. The number of hydrogen-bond donors (Lipinski definition) is 11. The van der Waals surface area contributed by atoms with Gasteiger partial charge in [-0.2, -0.15) is 0 Å². The molecular formula is C57H88O22. The molecule has 0 aromatic carbocycles. The average Bonchev–Trinajstić information content (AvgIpc) is 3.87. The number of carboxylic acids is 1. The van der Waals surface area contributed by atoms with Crippen LogP contribution in [0.5, 0.6) is 0 Å². The number of rotatable bonds is 14. The summed E-state index contributed by atoms with van der Waals surface area (Å²) in [6.45, 7) is 19.4. The zero-order valence-corrected chi connectivity index (χ0v) is 47.3. The summed E-state index contributed by atoms with van der Waals surface area (Å²) in [4.78, 5) is 40.3. The Morgan fingerprint density at radius 1 is 0.646 bits per heavy atom. The van der Waals surface area contributed by atoms with Crippen molar-refractivity contribution < 1.29 is 108 Å². The second-order valence-corrected chi connectivity index (χ2v) is 26.0. The lowest BCUT2D eigenvalue weighted by molar-refractivity contribution is -0.386. The van der Waals surface area contributed by atoms with E-state index in [1.165, 1.54) is 0 Å². The first-order valence-electron chi connectivity index (χ1n) is 28.0. The summed E-state index contributed by atoms with van der Waals surface area (Å²) < 4.78 is 49.2. The fourth-order valence-corrected chi connectivity index (χ4v) is 16.2. The van der Waals surface area contributed by atoms with Gasteiger partial charge in [-0.25, -0.2) is 14.4 Å². The second-order valence-electron chi connectivity index (χ2n) is 26.0. The van der Waals surface area contributed by atoms with Crippen molar-refractivity contribution in [2.45, 2.75) is 232 Å². The zero-order valence-electron chi connectivity index (χ0n) is 47.3. The van der Waals surface area contributed by atoms with Gasteiger partial charge in [-0.05, 0) is 112 Å². The van der Waals surface area contributed by atoms with Crippen molar-refractivity contribution in [3.05, 3.63) is 34.9 Å². The Morgan fingerprint density at radius 2 is 1.19 bits per heavy atom. The van der Waals surface area contributed by atoms with Crippen molar-refractivity contribution in [2.24, 2.45) is 50.2 Å². The predicted molar refractivity (Wildman–Crippen MR) is 275 cm³/mol. The minimum absolute atomic E-state index is 0.0232. The van der Waals surface area contributed by atoms with Crippen molar-refractivity contribution in [3.8, 4) is 0 Å². The van der Waals surface area contributed by atoms with Crippen LogP contribution in [0.25, 0.3) is 0 Å². The number of carbonyl (C=O) groups is 3. The molecule has 22 nitrogen and oxygen atoms in total. The predicted octanol–water partition coefficient (Wildman–Crippen LogP) is 1.29. The minimum Gasteiger partial charge on any atom is -0.479 e. The molecule has 4 saturated carbocycles. The summed E-state index contributed by atoms with van der Waals surface area (Å²) >= 11 is 0. The number of ether oxygens (including phenoxy) is 8. The number of aliphatic hydroxyl groups excluding tert-OH is 10. The molecule has 0 aromatic rings. The van der Waals surface area contributed by atoms with Crippen LogP contribution in [0, 0.1) is 50.2 Å². The zero-order chi connectivity index (χ0) is 58.4. The molecule has 3 saturated heterocycles. The van der Waals surface area contributed by atoms with Gasteiger partial charge in [0.15, 0.2) is 31.1 Å². The highest BCUT2D eigenvalue weighted by molar-refractivity contribution is 5.89. The van der Waals surface area contributed by atoms with Gasteiger partial charge in [0.2, 0.25) is 0 Å². The third-order valence-electron chi connectivity index (χ3n) is 21.3. The summed E-state index contributed by atoms with van der Waals surface area (Å²) in [5.41, 5.74) is -2.71. The summed E-state index contributed by atoms with van der Waals surface area (Å²) in [6.07, 6.45) is -20.2. The Labute approximate surface area is 461 Å². The van der Waals surface area contributed by atoms with Gasteiger partial charge in [0.05, 0.1) is 37.4 Å². The lowest BCUT2D eigenvalue weighted by atomic mass is 9.33. The summed E-state index contributed by atoms with van der Waals surface area (Å²) in [5, 5.41) is 121.